The summed E-state index contributed by atoms with van der Waals surface area (Å²) >= 11 is 5.84. The van der Waals surface area contributed by atoms with E-state index in [1.54, 1.807) is 4.90 Å². The van der Waals surface area contributed by atoms with Crippen molar-refractivity contribution in [2.24, 2.45) is 0 Å². The summed E-state index contributed by atoms with van der Waals surface area (Å²) < 4.78 is 38.0. The first kappa shape index (κ1) is 15.2. The molecule has 1 aromatic carbocycles. The van der Waals surface area contributed by atoms with E-state index in [1.165, 1.54) is 12.1 Å². The third kappa shape index (κ3) is 3.26. The first-order chi connectivity index (χ1) is 9.43. The van der Waals surface area contributed by atoms with Gasteiger partial charge >= 0.3 is 6.18 Å². The quantitative estimate of drug-likeness (QED) is 0.758. The van der Waals surface area contributed by atoms with Crippen molar-refractivity contribution in [3.8, 4) is 0 Å². The fourth-order valence-electron chi connectivity index (χ4n) is 2.42. The fourth-order valence-corrected chi connectivity index (χ4v) is 2.74. The zero-order chi connectivity index (χ0) is 14.8. The normalized spacial score (nSPS) is 20.0. The monoisotopic (exact) mass is 305 g/mol. The molecule has 0 aliphatic carbocycles. The maximum atomic E-state index is 12.7. The molecule has 1 amide bonds. The van der Waals surface area contributed by atoms with Crippen LogP contribution in [0.15, 0.2) is 24.3 Å². The standard InChI is InChI=1S/C14H15ClF3NO/c15-9-12-6-1-2-7-19(12)13(20)10-4-3-5-11(8-10)14(16,17)18/h3-5,8,12H,1-2,6-7,9H2. The van der Waals surface area contributed by atoms with Crippen LogP contribution in [0.4, 0.5) is 13.2 Å². The Morgan fingerprint density at radius 3 is 2.75 bits per heavy atom. The molecule has 1 saturated heterocycles. The van der Waals surface area contributed by atoms with E-state index in [4.69, 9.17) is 11.6 Å². The maximum absolute atomic E-state index is 12.7. The number of halogens is 4. The van der Waals surface area contributed by atoms with Gasteiger partial charge in [-0.3, -0.25) is 4.79 Å². The Morgan fingerprint density at radius 1 is 1.35 bits per heavy atom. The Kier molecular flexibility index (Phi) is 4.58. The molecule has 1 unspecified atom stereocenters. The summed E-state index contributed by atoms with van der Waals surface area (Å²) in [6.07, 6.45) is -1.79. The van der Waals surface area contributed by atoms with E-state index in [2.05, 4.69) is 0 Å². The predicted octanol–water partition coefficient (Wildman–Crippen LogP) is 3.94. The largest absolute Gasteiger partial charge is 0.416 e. The van der Waals surface area contributed by atoms with Gasteiger partial charge in [-0.15, -0.1) is 11.6 Å². The van der Waals surface area contributed by atoms with Crippen LogP contribution in [0.5, 0.6) is 0 Å². The molecule has 0 bridgehead atoms. The molecule has 0 N–H and O–H groups in total. The van der Waals surface area contributed by atoms with E-state index in [0.717, 1.165) is 31.4 Å². The highest BCUT2D eigenvalue weighted by molar-refractivity contribution is 6.18. The average molecular weight is 306 g/mol. The average Bonchev–Trinajstić information content (AvgIpc) is 2.45. The molecular formula is C14H15ClF3NO. The molecule has 1 fully saturated rings. The Hall–Kier alpha value is -1.23. The van der Waals surface area contributed by atoms with Crippen LogP contribution < -0.4 is 0 Å². The van der Waals surface area contributed by atoms with Crippen molar-refractivity contribution >= 4 is 17.5 Å². The highest BCUT2D eigenvalue weighted by Gasteiger charge is 2.32. The molecule has 0 saturated carbocycles. The van der Waals surface area contributed by atoms with Crippen LogP contribution in [-0.4, -0.2) is 29.3 Å². The van der Waals surface area contributed by atoms with Gasteiger partial charge in [0.1, 0.15) is 0 Å². The molecule has 0 spiro atoms. The van der Waals surface area contributed by atoms with Gasteiger partial charge < -0.3 is 4.90 Å². The lowest BCUT2D eigenvalue weighted by Gasteiger charge is -2.34. The number of benzene rings is 1. The molecule has 20 heavy (non-hydrogen) atoms. The Balaban J connectivity index is 2.24. The summed E-state index contributed by atoms with van der Waals surface area (Å²) in [7, 11) is 0. The summed E-state index contributed by atoms with van der Waals surface area (Å²) in [6.45, 7) is 0.548. The van der Waals surface area contributed by atoms with Crippen molar-refractivity contribution in [2.75, 3.05) is 12.4 Å². The Morgan fingerprint density at radius 2 is 2.10 bits per heavy atom. The molecule has 1 aliphatic heterocycles. The van der Waals surface area contributed by atoms with E-state index in [1.807, 2.05) is 0 Å². The molecule has 110 valence electrons. The third-order valence-corrected chi connectivity index (χ3v) is 3.86. The lowest BCUT2D eigenvalue weighted by molar-refractivity contribution is -0.137. The minimum atomic E-state index is -4.44. The molecular weight excluding hydrogens is 291 g/mol. The number of hydrogen-bond acceptors (Lipinski definition) is 1. The number of hydrogen-bond donors (Lipinski definition) is 0. The lowest BCUT2D eigenvalue weighted by Crippen LogP contribution is -2.44. The molecule has 0 radical (unpaired) electrons. The van der Waals surface area contributed by atoms with Gasteiger partial charge in [-0.25, -0.2) is 0 Å². The van der Waals surface area contributed by atoms with Gasteiger partial charge in [-0.1, -0.05) is 6.07 Å². The molecule has 1 atom stereocenters. The van der Waals surface area contributed by atoms with Crippen LogP contribution in [-0.2, 0) is 6.18 Å². The number of nitrogens with zero attached hydrogens (tertiary/aromatic N) is 1. The number of rotatable bonds is 2. The minimum absolute atomic E-state index is 0.0665. The van der Waals surface area contributed by atoms with Crippen LogP contribution in [0, 0.1) is 0 Å². The molecule has 1 aliphatic rings. The van der Waals surface area contributed by atoms with Gasteiger partial charge in [-0.05, 0) is 37.5 Å². The van der Waals surface area contributed by atoms with Gasteiger partial charge in [0.05, 0.1) is 5.56 Å². The zero-order valence-electron chi connectivity index (χ0n) is 10.8. The van der Waals surface area contributed by atoms with Crippen LogP contribution >= 0.6 is 11.6 Å². The lowest BCUT2D eigenvalue weighted by atomic mass is 10.0. The van der Waals surface area contributed by atoms with Crippen molar-refractivity contribution in [1.29, 1.82) is 0 Å². The smallest absolute Gasteiger partial charge is 0.334 e. The van der Waals surface area contributed by atoms with E-state index in [-0.39, 0.29) is 17.5 Å². The number of carbonyl (C=O) groups is 1. The molecule has 1 aromatic rings. The maximum Gasteiger partial charge on any atom is 0.416 e. The Bertz CT molecular complexity index is 490. The summed E-state index contributed by atoms with van der Waals surface area (Å²) in [5.74, 6) is -0.0634. The van der Waals surface area contributed by atoms with Crippen LogP contribution in [0.3, 0.4) is 0 Å². The predicted molar refractivity (Wildman–Crippen MR) is 70.8 cm³/mol. The molecule has 2 nitrogen and oxygen atoms in total. The van der Waals surface area contributed by atoms with Crippen molar-refractivity contribution in [3.05, 3.63) is 35.4 Å². The number of alkyl halides is 4. The van der Waals surface area contributed by atoms with Crippen molar-refractivity contribution in [1.82, 2.24) is 4.90 Å². The second-order valence-corrected chi connectivity index (χ2v) is 5.19. The number of amides is 1. The van der Waals surface area contributed by atoms with Crippen molar-refractivity contribution in [3.63, 3.8) is 0 Å². The molecule has 2 rings (SSSR count). The zero-order valence-corrected chi connectivity index (χ0v) is 11.5. The first-order valence-corrected chi connectivity index (χ1v) is 7.01. The second kappa shape index (κ2) is 6.04. The molecule has 1 heterocycles. The topological polar surface area (TPSA) is 20.3 Å². The fraction of sp³-hybridized carbons (Fsp3) is 0.500. The van der Waals surface area contributed by atoms with E-state index in [9.17, 15) is 18.0 Å². The second-order valence-electron chi connectivity index (χ2n) is 4.88. The van der Waals surface area contributed by atoms with Gasteiger partial charge in [0.2, 0.25) is 0 Å². The number of piperidine rings is 1. The van der Waals surface area contributed by atoms with Crippen molar-refractivity contribution < 1.29 is 18.0 Å². The van der Waals surface area contributed by atoms with Gasteiger partial charge in [-0.2, -0.15) is 13.2 Å². The molecule has 6 heteroatoms. The SMILES string of the molecule is O=C(c1cccc(C(F)(F)F)c1)N1CCCCC1CCl. The first-order valence-electron chi connectivity index (χ1n) is 6.47. The molecule has 0 aromatic heterocycles. The number of carbonyl (C=O) groups excluding carboxylic acids is 1. The minimum Gasteiger partial charge on any atom is -0.334 e. The van der Waals surface area contributed by atoms with Crippen LogP contribution in [0.1, 0.15) is 35.2 Å². The Labute approximate surface area is 120 Å². The van der Waals surface area contributed by atoms with Gasteiger partial charge in [0.15, 0.2) is 0 Å². The van der Waals surface area contributed by atoms with E-state index >= 15 is 0 Å². The summed E-state index contributed by atoms with van der Waals surface area (Å²) in [4.78, 5) is 13.9. The van der Waals surface area contributed by atoms with Crippen LogP contribution in [0.25, 0.3) is 0 Å². The number of likely N-dealkylation sites (tertiary alicyclic amines) is 1. The van der Waals surface area contributed by atoms with Crippen LogP contribution in [0.2, 0.25) is 0 Å². The van der Waals surface area contributed by atoms with Gasteiger partial charge in [0.25, 0.3) is 5.91 Å². The van der Waals surface area contributed by atoms with Gasteiger partial charge in [0, 0.05) is 24.0 Å². The summed E-state index contributed by atoms with van der Waals surface area (Å²) in [5, 5.41) is 0. The highest BCUT2D eigenvalue weighted by Crippen LogP contribution is 2.30. The van der Waals surface area contributed by atoms with Crippen molar-refractivity contribution in [2.45, 2.75) is 31.5 Å². The summed E-state index contributed by atoms with van der Waals surface area (Å²) in [5.41, 5.74) is -0.736. The third-order valence-electron chi connectivity index (χ3n) is 3.50. The highest BCUT2D eigenvalue weighted by atomic mass is 35.5. The van der Waals surface area contributed by atoms with E-state index in [0.29, 0.717) is 12.4 Å². The summed E-state index contributed by atoms with van der Waals surface area (Å²) in [6, 6.07) is 4.45. The van der Waals surface area contributed by atoms with E-state index < -0.39 is 11.7 Å².